The lowest BCUT2D eigenvalue weighted by molar-refractivity contribution is -0.141. The zero-order valence-corrected chi connectivity index (χ0v) is 16.3. The van der Waals surface area contributed by atoms with Gasteiger partial charge in [0.05, 0.1) is 19.8 Å². The van der Waals surface area contributed by atoms with Gasteiger partial charge in [0.2, 0.25) is 0 Å². The van der Waals surface area contributed by atoms with Gasteiger partial charge < -0.3 is 14.7 Å². The van der Waals surface area contributed by atoms with Gasteiger partial charge in [-0.05, 0) is 46.0 Å². The van der Waals surface area contributed by atoms with Crippen LogP contribution in [0.2, 0.25) is 0 Å². The van der Waals surface area contributed by atoms with Crippen molar-refractivity contribution in [1.29, 1.82) is 0 Å². The molecule has 1 amide bonds. The first-order valence-electron chi connectivity index (χ1n) is 9.70. The van der Waals surface area contributed by atoms with E-state index in [0.29, 0.717) is 24.1 Å². The summed E-state index contributed by atoms with van der Waals surface area (Å²) in [5.41, 5.74) is 3.25. The average Bonchev–Trinajstić information content (AvgIpc) is 3.02. The van der Waals surface area contributed by atoms with Crippen LogP contribution in [-0.2, 0) is 22.7 Å². The second-order valence-electron chi connectivity index (χ2n) is 7.32. The van der Waals surface area contributed by atoms with Crippen molar-refractivity contribution < 1.29 is 19.4 Å². The fraction of sp³-hybridized carbons (Fsp3) is 0.250. The molecule has 0 aliphatic carbocycles. The van der Waals surface area contributed by atoms with Crippen molar-refractivity contribution in [1.82, 2.24) is 4.90 Å². The van der Waals surface area contributed by atoms with Crippen LogP contribution in [0.3, 0.4) is 0 Å². The van der Waals surface area contributed by atoms with E-state index >= 15 is 0 Å². The van der Waals surface area contributed by atoms with Gasteiger partial charge in [0.25, 0.3) is 5.91 Å². The van der Waals surface area contributed by atoms with Gasteiger partial charge in [0, 0.05) is 18.5 Å². The van der Waals surface area contributed by atoms with E-state index in [4.69, 9.17) is 4.74 Å². The number of rotatable bonds is 6. The Morgan fingerprint density at radius 2 is 1.79 bits per heavy atom. The van der Waals surface area contributed by atoms with Crippen LogP contribution in [0.25, 0.3) is 10.8 Å². The molecule has 0 saturated carbocycles. The second-order valence-corrected chi connectivity index (χ2v) is 7.32. The van der Waals surface area contributed by atoms with Gasteiger partial charge in [0.1, 0.15) is 0 Å². The third-order valence-corrected chi connectivity index (χ3v) is 5.54. The lowest BCUT2D eigenvalue weighted by Crippen LogP contribution is -2.28. The first kappa shape index (κ1) is 19.2. The number of carbonyl (C=O) groups is 2. The molecule has 5 nitrogen and oxygen atoms in total. The molecule has 4 rings (SSSR count). The SMILES string of the molecule is COC(=O)CCC1c2ccc(CO)cc2C(=O)N1Cc1ccc2ccccc2c1. The van der Waals surface area contributed by atoms with Crippen molar-refractivity contribution in [2.45, 2.75) is 32.0 Å². The molecular weight excluding hydrogens is 366 g/mol. The topological polar surface area (TPSA) is 66.8 Å². The van der Waals surface area contributed by atoms with E-state index in [0.717, 1.165) is 21.9 Å². The lowest BCUT2D eigenvalue weighted by atomic mass is 9.98. The molecular formula is C24H23NO4. The third-order valence-electron chi connectivity index (χ3n) is 5.54. The minimum atomic E-state index is -0.288. The molecule has 0 bridgehead atoms. The summed E-state index contributed by atoms with van der Waals surface area (Å²) in [6.45, 7) is 0.344. The van der Waals surface area contributed by atoms with Crippen molar-refractivity contribution in [2.75, 3.05) is 7.11 Å². The number of fused-ring (bicyclic) bond motifs is 2. The maximum atomic E-state index is 13.2. The predicted molar refractivity (Wildman–Crippen MR) is 110 cm³/mol. The highest BCUT2D eigenvalue weighted by molar-refractivity contribution is 5.99. The number of aliphatic hydroxyl groups excluding tert-OH is 1. The van der Waals surface area contributed by atoms with Crippen LogP contribution in [0.4, 0.5) is 0 Å². The molecule has 5 heteroatoms. The normalized spacial score (nSPS) is 15.6. The Morgan fingerprint density at radius 1 is 1.03 bits per heavy atom. The Labute approximate surface area is 169 Å². The summed E-state index contributed by atoms with van der Waals surface area (Å²) in [5.74, 6) is -0.359. The van der Waals surface area contributed by atoms with Crippen LogP contribution in [0.15, 0.2) is 60.7 Å². The van der Waals surface area contributed by atoms with E-state index in [9.17, 15) is 14.7 Å². The smallest absolute Gasteiger partial charge is 0.305 e. The number of hydrogen-bond acceptors (Lipinski definition) is 4. The number of esters is 1. The minimum absolute atomic E-state index is 0.0710. The highest BCUT2D eigenvalue weighted by Gasteiger charge is 2.36. The molecule has 148 valence electrons. The molecule has 1 aliphatic rings. The van der Waals surface area contributed by atoms with Crippen LogP contribution < -0.4 is 0 Å². The number of methoxy groups -OCH3 is 1. The Hall–Kier alpha value is -3.18. The van der Waals surface area contributed by atoms with Crippen LogP contribution in [0, 0.1) is 0 Å². The van der Waals surface area contributed by atoms with Crippen molar-refractivity contribution in [3.8, 4) is 0 Å². The molecule has 1 aliphatic heterocycles. The monoisotopic (exact) mass is 389 g/mol. The van der Waals surface area contributed by atoms with Crippen molar-refractivity contribution >= 4 is 22.6 Å². The molecule has 1 N–H and O–H groups in total. The van der Waals surface area contributed by atoms with E-state index in [-0.39, 0.29) is 30.9 Å². The summed E-state index contributed by atoms with van der Waals surface area (Å²) in [5, 5.41) is 11.7. The van der Waals surface area contributed by atoms with E-state index in [1.165, 1.54) is 7.11 Å². The quantitative estimate of drug-likeness (QED) is 0.648. The Bertz CT molecular complexity index is 1080. The van der Waals surface area contributed by atoms with Gasteiger partial charge in [-0.15, -0.1) is 0 Å². The van der Waals surface area contributed by atoms with E-state index in [1.54, 1.807) is 6.07 Å². The zero-order valence-electron chi connectivity index (χ0n) is 16.3. The number of hydrogen-bond donors (Lipinski definition) is 1. The summed E-state index contributed by atoms with van der Waals surface area (Å²) in [6.07, 6.45) is 0.737. The summed E-state index contributed by atoms with van der Waals surface area (Å²) >= 11 is 0. The standard InChI is InChI=1S/C24H23NO4/c1-29-23(27)11-10-22-20-9-7-17(15-26)13-21(20)24(28)25(22)14-16-6-8-18-4-2-3-5-19(18)12-16/h2-9,12-13,22,26H,10-11,14-15H2,1H3. The summed E-state index contributed by atoms with van der Waals surface area (Å²) < 4.78 is 4.79. The van der Waals surface area contributed by atoms with Crippen molar-refractivity contribution in [2.24, 2.45) is 0 Å². The minimum Gasteiger partial charge on any atom is -0.469 e. The van der Waals surface area contributed by atoms with Crippen LogP contribution in [0.5, 0.6) is 0 Å². The fourth-order valence-electron chi connectivity index (χ4n) is 4.03. The second kappa shape index (κ2) is 8.05. The first-order chi connectivity index (χ1) is 14.1. The lowest BCUT2D eigenvalue weighted by Gasteiger charge is -2.25. The van der Waals surface area contributed by atoms with Crippen LogP contribution in [-0.4, -0.2) is 29.0 Å². The molecule has 0 aromatic heterocycles. The maximum absolute atomic E-state index is 13.2. The summed E-state index contributed by atoms with van der Waals surface area (Å²) in [6, 6.07) is 19.6. The van der Waals surface area contributed by atoms with Gasteiger partial charge in [-0.1, -0.05) is 48.5 Å². The molecule has 1 atom stereocenters. The Morgan fingerprint density at radius 3 is 2.55 bits per heavy atom. The van der Waals surface area contributed by atoms with Crippen molar-refractivity contribution in [3.63, 3.8) is 0 Å². The van der Waals surface area contributed by atoms with Gasteiger partial charge >= 0.3 is 5.97 Å². The first-order valence-corrected chi connectivity index (χ1v) is 9.70. The largest absolute Gasteiger partial charge is 0.469 e. The molecule has 1 heterocycles. The van der Waals surface area contributed by atoms with E-state index in [2.05, 4.69) is 24.3 Å². The molecule has 29 heavy (non-hydrogen) atoms. The van der Waals surface area contributed by atoms with Gasteiger partial charge in [-0.2, -0.15) is 0 Å². The fourth-order valence-corrected chi connectivity index (χ4v) is 4.03. The molecule has 3 aromatic carbocycles. The molecule has 3 aromatic rings. The Balaban J connectivity index is 1.66. The molecule has 0 fully saturated rings. The molecule has 1 unspecified atom stereocenters. The number of carbonyl (C=O) groups excluding carboxylic acids is 2. The highest BCUT2D eigenvalue weighted by atomic mass is 16.5. The maximum Gasteiger partial charge on any atom is 0.305 e. The van der Waals surface area contributed by atoms with E-state index in [1.807, 2.05) is 35.2 Å². The van der Waals surface area contributed by atoms with Crippen molar-refractivity contribution in [3.05, 3.63) is 82.9 Å². The average molecular weight is 389 g/mol. The zero-order chi connectivity index (χ0) is 20.4. The molecule has 0 saturated heterocycles. The molecule has 0 spiro atoms. The van der Waals surface area contributed by atoms with Gasteiger partial charge in [-0.3, -0.25) is 9.59 Å². The molecule has 0 radical (unpaired) electrons. The third kappa shape index (κ3) is 3.74. The van der Waals surface area contributed by atoms with Crippen LogP contribution >= 0.6 is 0 Å². The van der Waals surface area contributed by atoms with Crippen LogP contribution in [0.1, 0.15) is 45.9 Å². The number of amides is 1. The summed E-state index contributed by atoms with van der Waals surface area (Å²) in [7, 11) is 1.37. The number of ether oxygens (including phenoxy) is 1. The highest BCUT2D eigenvalue weighted by Crippen LogP contribution is 2.38. The number of aliphatic hydroxyl groups is 1. The number of nitrogens with zero attached hydrogens (tertiary/aromatic N) is 1. The van der Waals surface area contributed by atoms with Gasteiger partial charge in [-0.25, -0.2) is 0 Å². The summed E-state index contributed by atoms with van der Waals surface area (Å²) in [4.78, 5) is 26.7. The Kier molecular flexibility index (Phi) is 5.32. The number of benzene rings is 3. The van der Waals surface area contributed by atoms with E-state index < -0.39 is 0 Å². The van der Waals surface area contributed by atoms with Gasteiger partial charge in [0.15, 0.2) is 0 Å². The predicted octanol–water partition coefficient (Wildman–Crippen LogP) is 3.98.